The summed E-state index contributed by atoms with van der Waals surface area (Å²) in [7, 11) is -3.83. The van der Waals surface area contributed by atoms with Gasteiger partial charge in [0.2, 0.25) is 10.0 Å². The molecule has 0 unspecified atom stereocenters. The van der Waals surface area contributed by atoms with Crippen molar-refractivity contribution in [3.05, 3.63) is 83.1 Å². The van der Waals surface area contributed by atoms with E-state index in [2.05, 4.69) is 5.10 Å². The topological polar surface area (TPSA) is 108 Å². The Morgan fingerprint density at radius 2 is 1.82 bits per heavy atom. The van der Waals surface area contributed by atoms with Gasteiger partial charge in [-0.25, -0.2) is 21.9 Å². The second-order valence-electron chi connectivity index (χ2n) is 10.0. The number of carbonyl (C=O) groups excluding carboxylic acids is 1. The number of nitrogens with two attached hydrogens (primary N) is 1. The molecule has 5 rings (SSSR count). The van der Waals surface area contributed by atoms with Crippen LogP contribution >= 0.6 is 0 Å². The molecular weight excluding hydrogens is 514 g/mol. The third-order valence-electron chi connectivity index (χ3n) is 7.75. The highest BCUT2D eigenvalue weighted by Gasteiger charge is 2.46. The normalized spacial score (nSPS) is 23.2. The lowest BCUT2D eigenvalue weighted by Crippen LogP contribution is -2.46. The maximum atomic E-state index is 15.7. The van der Waals surface area contributed by atoms with Gasteiger partial charge in [0.1, 0.15) is 22.7 Å². The van der Waals surface area contributed by atoms with Crippen molar-refractivity contribution < 1.29 is 26.7 Å². The Hall–Kier alpha value is -3.15. The molecule has 8 nitrogen and oxygen atoms in total. The molecule has 2 fully saturated rings. The van der Waals surface area contributed by atoms with Crippen LogP contribution in [0.4, 0.5) is 14.6 Å². The molecule has 3 aromatic rings. The Morgan fingerprint density at radius 1 is 1.11 bits per heavy atom. The van der Waals surface area contributed by atoms with Gasteiger partial charge in [-0.2, -0.15) is 4.31 Å². The van der Waals surface area contributed by atoms with Gasteiger partial charge in [0.15, 0.2) is 0 Å². The van der Waals surface area contributed by atoms with Crippen LogP contribution in [-0.4, -0.2) is 47.7 Å². The SMILES string of the molecule is C[C@H]1CC[C@H](c2ccccc2)S(=O)(=O)N1Cc1cc(F)c(C2(C(=O)n3ccc(N)n3)CCOCC2)cc1F. The molecule has 38 heavy (non-hydrogen) atoms. The van der Waals surface area contributed by atoms with Crippen LogP contribution in [0.15, 0.2) is 54.7 Å². The van der Waals surface area contributed by atoms with E-state index >= 15 is 8.78 Å². The number of nitrogen functional groups attached to an aromatic ring is 1. The molecule has 11 heteroatoms. The summed E-state index contributed by atoms with van der Waals surface area (Å²) in [5.74, 6) is -1.95. The van der Waals surface area contributed by atoms with Crippen LogP contribution in [0.3, 0.4) is 0 Å². The first kappa shape index (κ1) is 26.5. The molecule has 0 aliphatic carbocycles. The molecule has 3 heterocycles. The number of hydrogen-bond donors (Lipinski definition) is 1. The highest BCUT2D eigenvalue weighted by molar-refractivity contribution is 7.89. The maximum Gasteiger partial charge on any atom is 0.257 e. The highest BCUT2D eigenvalue weighted by Crippen LogP contribution is 2.41. The number of halogens is 2. The molecule has 1 aromatic heterocycles. The number of hydrogen-bond acceptors (Lipinski definition) is 6. The number of anilines is 1. The predicted octanol–water partition coefficient (Wildman–Crippen LogP) is 4.19. The predicted molar refractivity (Wildman–Crippen MR) is 138 cm³/mol. The molecule has 0 bridgehead atoms. The second kappa shape index (κ2) is 10.2. The molecule has 2 saturated heterocycles. The average Bonchev–Trinajstić information content (AvgIpc) is 3.34. The van der Waals surface area contributed by atoms with Crippen LogP contribution < -0.4 is 5.73 Å². The van der Waals surface area contributed by atoms with Crippen molar-refractivity contribution in [1.29, 1.82) is 0 Å². The fourth-order valence-electron chi connectivity index (χ4n) is 5.58. The molecule has 2 aliphatic heterocycles. The van der Waals surface area contributed by atoms with E-state index in [1.165, 1.54) is 16.6 Å². The Labute approximate surface area is 220 Å². The van der Waals surface area contributed by atoms with Crippen LogP contribution in [0.2, 0.25) is 0 Å². The summed E-state index contributed by atoms with van der Waals surface area (Å²) in [4.78, 5) is 13.5. The monoisotopic (exact) mass is 544 g/mol. The smallest absolute Gasteiger partial charge is 0.257 e. The number of rotatable bonds is 5. The van der Waals surface area contributed by atoms with Crippen molar-refractivity contribution in [3.8, 4) is 0 Å². The van der Waals surface area contributed by atoms with E-state index in [9.17, 15) is 13.2 Å². The fraction of sp³-hybridized carbons (Fsp3) is 0.407. The number of sulfonamides is 1. The Bertz CT molecular complexity index is 1440. The Balaban J connectivity index is 1.49. The van der Waals surface area contributed by atoms with Crippen molar-refractivity contribution in [2.75, 3.05) is 18.9 Å². The Morgan fingerprint density at radius 3 is 2.47 bits per heavy atom. The molecule has 2 atom stereocenters. The average molecular weight is 545 g/mol. The largest absolute Gasteiger partial charge is 0.382 e. The van der Waals surface area contributed by atoms with Crippen molar-refractivity contribution in [1.82, 2.24) is 14.1 Å². The first-order chi connectivity index (χ1) is 18.1. The minimum atomic E-state index is -3.83. The van der Waals surface area contributed by atoms with Gasteiger partial charge in [-0.15, -0.1) is 5.10 Å². The molecule has 2 N–H and O–H groups in total. The zero-order valence-corrected chi connectivity index (χ0v) is 21.8. The summed E-state index contributed by atoms with van der Waals surface area (Å²) in [6.07, 6.45) is 2.70. The second-order valence-corrected chi connectivity index (χ2v) is 12.1. The van der Waals surface area contributed by atoms with Gasteiger partial charge in [-0.1, -0.05) is 30.3 Å². The molecule has 202 valence electrons. The summed E-state index contributed by atoms with van der Waals surface area (Å²) < 4.78 is 66.2. The number of carbonyl (C=O) groups is 1. The highest BCUT2D eigenvalue weighted by atomic mass is 32.2. The van der Waals surface area contributed by atoms with E-state index in [4.69, 9.17) is 10.5 Å². The summed E-state index contributed by atoms with van der Waals surface area (Å²) in [5, 5.41) is 3.22. The summed E-state index contributed by atoms with van der Waals surface area (Å²) in [6, 6.07) is 12.0. The third-order valence-corrected chi connectivity index (χ3v) is 10.1. The molecule has 0 saturated carbocycles. The minimum absolute atomic E-state index is 0.0895. The van der Waals surface area contributed by atoms with Gasteiger partial charge in [0, 0.05) is 49.2 Å². The zero-order chi connectivity index (χ0) is 27.1. The lowest BCUT2D eigenvalue weighted by molar-refractivity contribution is 0.0345. The van der Waals surface area contributed by atoms with E-state index in [0.717, 1.165) is 16.8 Å². The lowest BCUT2D eigenvalue weighted by atomic mass is 9.72. The first-order valence-electron chi connectivity index (χ1n) is 12.6. The van der Waals surface area contributed by atoms with E-state index < -0.39 is 38.2 Å². The van der Waals surface area contributed by atoms with Crippen LogP contribution in [0, 0.1) is 11.6 Å². The van der Waals surface area contributed by atoms with E-state index in [0.29, 0.717) is 18.4 Å². The number of benzene rings is 2. The quantitative estimate of drug-likeness (QED) is 0.516. The lowest BCUT2D eigenvalue weighted by Gasteiger charge is -2.38. The van der Waals surface area contributed by atoms with E-state index in [1.54, 1.807) is 31.2 Å². The van der Waals surface area contributed by atoms with Crippen molar-refractivity contribution in [2.24, 2.45) is 0 Å². The fourth-order valence-corrected chi connectivity index (χ4v) is 7.77. The van der Waals surface area contributed by atoms with Gasteiger partial charge < -0.3 is 10.5 Å². The number of nitrogens with zero attached hydrogens (tertiary/aromatic N) is 3. The summed E-state index contributed by atoms with van der Waals surface area (Å²) in [6.45, 7) is 1.84. The summed E-state index contributed by atoms with van der Waals surface area (Å²) in [5.41, 5.74) is 4.76. The molecule has 0 amide bonds. The molecular formula is C27H30F2N4O4S. The van der Waals surface area contributed by atoms with Crippen molar-refractivity contribution >= 4 is 21.7 Å². The van der Waals surface area contributed by atoms with Gasteiger partial charge in [-0.3, -0.25) is 4.79 Å². The van der Waals surface area contributed by atoms with Gasteiger partial charge in [0.25, 0.3) is 5.91 Å². The van der Waals surface area contributed by atoms with Crippen molar-refractivity contribution in [2.45, 2.75) is 55.9 Å². The van der Waals surface area contributed by atoms with Crippen LogP contribution in [0.5, 0.6) is 0 Å². The zero-order valence-electron chi connectivity index (χ0n) is 21.0. The van der Waals surface area contributed by atoms with Gasteiger partial charge >= 0.3 is 0 Å². The molecule has 0 radical (unpaired) electrons. The van der Waals surface area contributed by atoms with E-state index in [1.807, 2.05) is 6.07 Å². The van der Waals surface area contributed by atoms with Crippen LogP contribution in [0.1, 0.15) is 59.3 Å². The standard InChI is InChI=1S/C27H30F2N4O4S/c1-18-7-8-24(19-5-3-2-4-6-19)38(35,36)33(18)17-20-15-23(29)21(16-22(20)28)27(10-13-37-14-11-27)26(34)32-12-9-25(30)31-32/h2-6,9,12,15-16,18,24H,7-8,10-11,13-14,17H2,1H3,(H2,30,31)/t18-,24+/m0/s1. The van der Waals surface area contributed by atoms with Crippen LogP contribution in [-0.2, 0) is 26.7 Å². The third kappa shape index (κ3) is 4.63. The number of aromatic nitrogens is 2. The van der Waals surface area contributed by atoms with Gasteiger partial charge in [-0.05, 0) is 50.3 Å². The molecule has 2 aliphatic rings. The number of ether oxygens (including phenoxy) is 1. The van der Waals surface area contributed by atoms with Crippen molar-refractivity contribution in [3.63, 3.8) is 0 Å². The maximum absolute atomic E-state index is 15.7. The first-order valence-corrected chi connectivity index (χ1v) is 14.1. The van der Waals surface area contributed by atoms with Crippen LogP contribution in [0.25, 0.3) is 0 Å². The molecule has 0 spiro atoms. The Kier molecular flexibility index (Phi) is 7.10. The minimum Gasteiger partial charge on any atom is -0.382 e. The van der Waals surface area contributed by atoms with E-state index in [-0.39, 0.29) is 55.6 Å². The molecule has 2 aromatic carbocycles. The van der Waals surface area contributed by atoms with Gasteiger partial charge in [0.05, 0.1) is 5.41 Å². The summed E-state index contributed by atoms with van der Waals surface area (Å²) >= 11 is 0.